The highest BCUT2D eigenvalue weighted by Crippen LogP contribution is 2.24. The van der Waals surface area contributed by atoms with Gasteiger partial charge in [0.15, 0.2) is 0 Å². The van der Waals surface area contributed by atoms with Crippen LogP contribution >= 0.6 is 11.6 Å². The normalized spacial score (nSPS) is 11.2. The number of benzene rings is 2. The average Bonchev–Trinajstić information content (AvgIpc) is 2.76. The van der Waals surface area contributed by atoms with Crippen molar-refractivity contribution in [3.05, 3.63) is 59.2 Å². The van der Waals surface area contributed by atoms with Gasteiger partial charge in [-0.05, 0) is 42.5 Å². The number of carbonyl (C=O) groups is 2. The Labute approximate surface area is 189 Å². The van der Waals surface area contributed by atoms with E-state index in [4.69, 9.17) is 21.1 Å². The van der Waals surface area contributed by atoms with Gasteiger partial charge >= 0.3 is 5.97 Å². The number of methoxy groups -OCH3 is 1. The van der Waals surface area contributed by atoms with Crippen LogP contribution in [0.4, 0.5) is 5.69 Å². The Bertz CT molecular complexity index is 1260. The van der Waals surface area contributed by atoms with Crippen LogP contribution in [0.2, 0.25) is 5.15 Å². The number of esters is 1. The Morgan fingerprint density at radius 1 is 1.09 bits per heavy atom. The van der Waals surface area contributed by atoms with E-state index in [2.05, 4.69) is 15.0 Å². The van der Waals surface area contributed by atoms with Crippen LogP contribution in [0, 0.1) is 0 Å². The van der Waals surface area contributed by atoms with Gasteiger partial charge in [-0.25, -0.2) is 13.4 Å². The lowest BCUT2D eigenvalue weighted by Crippen LogP contribution is -2.30. The summed E-state index contributed by atoms with van der Waals surface area (Å²) in [4.78, 5) is 27.3. The summed E-state index contributed by atoms with van der Waals surface area (Å²) >= 11 is 6.18. The molecule has 9 nitrogen and oxygen atoms in total. The van der Waals surface area contributed by atoms with Crippen molar-refractivity contribution < 1.29 is 27.5 Å². The maximum atomic E-state index is 12.3. The Morgan fingerprint density at radius 2 is 1.81 bits per heavy atom. The molecule has 32 heavy (non-hydrogen) atoms. The molecule has 1 aromatic heterocycles. The summed E-state index contributed by atoms with van der Waals surface area (Å²) < 4.78 is 37.2. The second-order valence-electron chi connectivity index (χ2n) is 6.69. The smallest absolute Gasteiger partial charge is 0.321 e. The molecule has 1 amide bonds. The molecular formula is C21H20ClN3O6S. The molecule has 0 aliphatic carbocycles. The highest BCUT2D eigenvalue weighted by Gasteiger charge is 2.17. The number of rotatable bonds is 8. The number of halogens is 1. The zero-order valence-corrected chi connectivity index (χ0v) is 18.8. The van der Waals surface area contributed by atoms with Crippen LogP contribution in [0.5, 0.6) is 5.75 Å². The Morgan fingerprint density at radius 3 is 2.47 bits per heavy atom. The van der Waals surface area contributed by atoms with Gasteiger partial charge in [-0.1, -0.05) is 11.6 Å². The van der Waals surface area contributed by atoms with Crippen LogP contribution in [0.15, 0.2) is 53.4 Å². The average molecular weight is 478 g/mol. The van der Waals surface area contributed by atoms with E-state index in [1.165, 1.54) is 31.2 Å². The molecule has 3 aromatic rings. The van der Waals surface area contributed by atoms with Gasteiger partial charge in [0.25, 0.3) is 0 Å². The van der Waals surface area contributed by atoms with Crippen molar-refractivity contribution in [3.8, 4) is 5.75 Å². The van der Waals surface area contributed by atoms with Gasteiger partial charge < -0.3 is 14.8 Å². The SMILES string of the molecule is COc1ccc2cc(COC(=O)CNS(=O)(=O)c3ccc(NC(C)=O)cc3)c(Cl)nc2c1. The van der Waals surface area contributed by atoms with Crippen LogP contribution in [0.3, 0.4) is 0 Å². The molecule has 1 heterocycles. The van der Waals surface area contributed by atoms with Crippen LogP contribution < -0.4 is 14.8 Å². The summed E-state index contributed by atoms with van der Waals surface area (Å²) in [5, 5.41) is 3.48. The number of aromatic nitrogens is 1. The summed E-state index contributed by atoms with van der Waals surface area (Å²) in [6, 6.07) is 12.5. The van der Waals surface area contributed by atoms with Gasteiger partial charge in [0.05, 0.1) is 17.5 Å². The molecule has 3 rings (SSSR count). The maximum absolute atomic E-state index is 12.3. The van der Waals surface area contributed by atoms with Crippen LogP contribution in [-0.4, -0.2) is 38.9 Å². The van der Waals surface area contributed by atoms with E-state index in [9.17, 15) is 18.0 Å². The third kappa shape index (κ3) is 5.94. The fourth-order valence-electron chi connectivity index (χ4n) is 2.76. The minimum absolute atomic E-state index is 0.0587. The first-order valence-corrected chi connectivity index (χ1v) is 11.2. The van der Waals surface area contributed by atoms with E-state index in [-0.39, 0.29) is 22.6 Å². The third-order valence-corrected chi connectivity index (χ3v) is 6.08. The molecule has 0 saturated carbocycles. The first-order chi connectivity index (χ1) is 15.2. The van der Waals surface area contributed by atoms with Crippen molar-refractivity contribution in [2.45, 2.75) is 18.4 Å². The van der Waals surface area contributed by atoms with E-state index in [1.807, 2.05) is 0 Å². The number of pyridine rings is 1. The van der Waals surface area contributed by atoms with E-state index in [0.29, 0.717) is 22.5 Å². The summed E-state index contributed by atoms with van der Waals surface area (Å²) in [5.74, 6) is -0.422. The fourth-order valence-corrected chi connectivity index (χ4v) is 3.93. The molecule has 168 valence electrons. The first-order valence-electron chi connectivity index (χ1n) is 9.34. The predicted octanol–water partition coefficient (Wildman–Crippen LogP) is 2.88. The zero-order chi connectivity index (χ0) is 23.3. The number of anilines is 1. The van der Waals surface area contributed by atoms with Gasteiger partial charge in [0.1, 0.15) is 24.1 Å². The lowest BCUT2D eigenvalue weighted by molar-refractivity contribution is -0.143. The summed E-state index contributed by atoms with van der Waals surface area (Å²) in [7, 11) is -2.39. The lowest BCUT2D eigenvalue weighted by atomic mass is 10.1. The third-order valence-electron chi connectivity index (χ3n) is 4.33. The van der Waals surface area contributed by atoms with E-state index < -0.39 is 22.5 Å². The number of nitrogens with zero attached hydrogens (tertiary/aromatic N) is 1. The molecule has 0 bridgehead atoms. The second-order valence-corrected chi connectivity index (χ2v) is 8.81. The van der Waals surface area contributed by atoms with Gasteiger partial charge in [-0.15, -0.1) is 0 Å². The van der Waals surface area contributed by atoms with Crippen LogP contribution in [0.1, 0.15) is 12.5 Å². The van der Waals surface area contributed by atoms with Gasteiger partial charge in [0.2, 0.25) is 15.9 Å². The number of hydrogen-bond donors (Lipinski definition) is 2. The number of carbonyl (C=O) groups excluding carboxylic acids is 2. The molecule has 0 saturated heterocycles. The number of ether oxygens (including phenoxy) is 2. The highest BCUT2D eigenvalue weighted by atomic mass is 35.5. The number of hydrogen-bond acceptors (Lipinski definition) is 7. The van der Waals surface area contributed by atoms with Gasteiger partial charge in [0, 0.05) is 29.6 Å². The van der Waals surface area contributed by atoms with Crippen molar-refractivity contribution in [2.75, 3.05) is 19.0 Å². The molecule has 0 aliphatic rings. The Balaban J connectivity index is 1.58. The molecule has 2 N–H and O–H groups in total. The second kappa shape index (κ2) is 9.94. The minimum atomic E-state index is -3.94. The molecule has 0 radical (unpaired) electrons. The number of nitrogens with one attached hydrogen (secondary N) is 2. The van der Waals surface area contributed by atoms with Crippen molar-refractivity contribution in [2.24, 2.45) is 0 Å². The summed E-state index contributed by atoms with van der Waals surface area (Å²) in [6.07, 6.45) is 0. The first kappa shape index (κ1) is 23.5. The zero-order valence-electron chi connectivity index (χ0n) is 17.2. The summed E-state index contributed by atoms with van der Waals surface area (Å²) in [5.41, 5.74) is 1.56. The Hall–Kier alpha value is -3.21. The van der Waals surface area contributed by atoms with E-state index in [1.54, 1.807) is 31.4 Å². The molecule has 0 spiro atoms. The monoisotopic (exact) mass is 477 g/mol. The standard InChI is InChI=1S/C21H20ClN3O6S/c1-13(26)24-16-4-7-18(8-5-16)32(28,29)23-11-20(27)31-12-15-9-14-3-6-17(30-2)10-19(14)25-21(15)22/h3-10,23H,11-12H2,1-2H3,(H,24,26). The van der Waals surface area contributed by atoms with Crippen molar-refractivity contribution in [1.29, 1.82) is 0 Å². The van der Waals surface area contributed by atoms with Crippen molar-refractivity contribution in [1.82, 2.24) is 9.71 Å². The molecule has 0 atom stereocenters. The molecule has 2 aromatic carbocycles. The molecule has 11 heteroatoms. The highest BCUT2D eigenvalue weighted by molar-refractivity contribution is 7.89. The molecule has 0 unspecified atom stereocenters. The topological polar surface area (TPSA) is 124 Å². The lowest BCUT2D eigenvalue weighted by Gasteiger charge is -2.10. The molecule has 0 fully saturated rings. The molecule has 0 aliphatic heterocycles. The number of amides is 1. The Kier molecular flexibility index (Phi) is 7.29. The predicted molar refractivity (Wildman–Crippen MR) is 119 cm³/mol. The maximum Gasteiger partial charge on any atom is 0.321 e. The van der Waals surface area contributed by atoms with E-state index >= 15 is 0 Å². The minimum Gasteiger partial charge on any atom is -0.497 e. The van der Waals surface area contributed by atoms with Crippen molar-refractivity contribution in [3.63, 3.8) is 0 Å². The van der Waals surface area contributed by atoms with Gasteiger partial charge in [-0.3, -0.25) is 9.59 Å². The van der Waals surface area contributed by atoms with Gasteiger partial charge in [-0.2, -0.15) is 4.72 Å². The van der Waals surface area contributed by atoms with E-state index in [0.717, 1.165) is 5.39 Å². The quantitative estimate of drug-likeness (QED) is 0.377. The van der Waals surface area contributed by atoms with Crippen molar-refractivity contribution >= 4 is 50.1 Å². The number of fused-ring (bicyclic) bond motifs is 1. The van der Waals surface area contributed by atoms with Crippen LogP contribution in [0.25, 0.3) is 10.9 Å². The number of sulfonamides is 1. The fraction of sp³-hybridized carbons (Fsp3) is 0.190. The molecular weight excluding hydrogens is 458 g/mol. The largest absolute Gasteiger partial charge is 0.497 e. The summed E-state index contributed by atoms with van der Waals surface area (Å²) in [6.45, 7) is 0.613. The van der Waals surface area contributed by atoms with Crippen LogP contribution in [-0.2, 0) is 31.0 Å².